The lowest BCUT2D eigenvalue weighted by Gasteiger charge is -2.12. The van der Waals surface area contributed by atoms with Crippen LogP contribution in [0.1, 0.15) is 26.5 Å². The van der Waals surface area contributed by atoms with Crippen LogP contribution in [0.25, 0.3) is 0 Å². The Balaban J connectivity index is 1.70. The molecule has 2 heterocycles. The Kier molecular flexibility index (Phi) is 6.08. The minimum absolute atomic E-state index is 0.0462. The summed E-state index contributed by atoms with van der Waals surface area (Å²) in [5, 5.41) is 4.22. The summed E-state index contributed by atoms with van der Waals surface area (Å²) >= 11 is 1.12. The van der Waals surface area contributed by atoms with Gasteiger partial charge in [-0.3, -0.25) is 4.79 Å². The normalized spacial score (nSPS) is 18.3. The van der Waals surface area contributed by atoms with Crippen LogP contribution in [0.3, 0.4) is 0 Å². The Morgan fingerprint density at radius 2 is 1.86 bits per heavy atom. The summed E-state index contributed by atoms with van der Waals surface area (Å²) in [5.74, 6) is -1.37. The number of carbonyl (C=O) groups excluding carboxylic acids is 2. The number of thiophene rings is 1. The van der Waals surface area contributed by atoms with Crippen molar-refractivity contribution < 1.29 is 31.2 Å². The lowest BCUT2D eigenvalue weighted by molar-refractivity contribution is 0.0607. The van der Waals surface area contributed by atoms with Crippen molar-refractivity contribution in [2.24, 2.45) is 0 Å². The average Bonchev–Trinajstić information content (AvgIpc) is 3.26. The first-order valence-corrected chi connectivity index (χ1v) is 12.6. The molecule has 3 rings (SSSR count). The number of methoxy groups -OCH3 is 1. The zero-order valence-electron chi connectivity index (χ0n) is 15.2. The summed E-state index contributed by atoms with van der Waals surface area (Å²) < 4.78 is 54.9. The fourth-order valence-corrected chi connectivity index (χ4v) is 6.63. The summed E-state index contributed by atoms with van der Waals surface area (Å²) in [6, 6.07) is 6.08. The van der Waals surface area contributed by atoms with Crippen molar-refractivity contribution in [1.29, 1.82) is 0 Å². The quantitative estimate of drug-likeness (QED) is 0.622. The number of rotatable bonds is 6. The molecule has 0 aliphatic carbocycles. The minimum atomic E-state index is -3.91. The molecule has 0 radical (unpaired) electrons. The van der Waals surface area contributed by atoms with E-state index in [1.165, 1.54) is 31.4 Å². The van der Waals surface area contributed by atoms with E-state index in [0.717, 1.165) is 11.3 Å². The number of carbonyl (C=O) groups is 2. The van der Waals surface area contributed by atoms with Crippen LogP contribution < -0.4 is 10.0 Å². The first-order valence-electron chi connectivity index (χ1n) is 8.41. The van der Waals surface area contributed by atoms with Crippen LogP contribution in [0, 0.1) is 0 Å². The summed E-state index contributed by atoms with van der Waals surface area (Å²) in [6.07, 6.45) is 0.227. The van der Waals surface area contributed by atoms with Crippen molar-refractivity contribution in [3.8, 4) is 0 Å². The minimum Gasteiger partial charge on any atom is -0.465 e. The number of nitrogens with one attached hydrogen (secondary N) is 2. The zero-order valence-corrected chi connectivity index (χ0v) is 17.7. The molecule has 29 heavy (non-hydrogen) atoms. The number of amides is 1. The molecule has 9 nitrogen and oxygen atoms in total. The Morgan fingerprint density at radius 1 is 1.17 bits per heavy atom. The van der Waals surface area contributed by atoms with Crippen molar-refractivity contribution in [2.45, 2.75) is 17.4 Å². The molecule has 1 saturated heterocycles. The van der Waals surface area contributed by atoms with Gasteiger partial charge in [-0.25, -0.2) is 26.4 Å². The number of hydrogen-bond donors (Lipinski definition) is 2. The number of ether oxygens (including phenoxy) is 1. The fraction of sp³-hybridized carbons (Fsp3) is 0.294. The molecule has 1 unspecified atom stereocenters. The predicted molar refractivity (Wildman–Crippen MR) is 107 cm³/mol. The van der Waals surface area contributed by atoms with Crippen molar-refractivity contribution in [1.82, 2.24) is 4.72 Å². The molecule has 0 saturated carbocycles. The smallest absolute Gasteiger partial charge is 0.350 e. The van der Waals surface area contributed by atoms with Crippen molar-refractivity contribution >= 4 is 48.8 Å². The van der Waals surface area contributed by atoms with Crippen LogP contribution in [-0.4, -0.2) is 53.4 Å². The van der Waals surface area contributed by atoms with Gasteiger partial charge in [0.25, 0.3) is 5.91 Å². The van der Waals surface area contributed by atoms with Gasteiger partial charge in [0, 0.05) is 11.6 Å². The van der Waals surface area contributed by atoms with Gasteiger partial charge in [-0.15, -0.1) is 11.3 Å². The van der Waals surface area contributed by atoms with Crippen LogP contribution in [0.4, 0.5) is 5.69 Å². The zero-order chi connectivity index (χ0) is 21.2. The molecule has 156 valence electrons. The number of esters is 1. The molecule has 0 bridgehead atoms. The predicted octanol–water partition coefficient (Wildman–Crippen LogP) is 1.25. The maximum atomic E-state index is 12.4. The molecular weight excluding hydrogens is 440 g/mol. The van der Waals surface area contributed by atoms with Crippen molar-refractivity contribution in [3.63, 3.8) is 0 Å². The summed E-state index contributed by atoms with van der Waals surface area (Å²) in [5.41, 5.74) is 0.488. The third-order valence-corrected chi connectivity index (χ3v) is 8.46. The standard InChI is InChI=1S/C17H18N2O7S3/c1-26-17(21)15-14(6-8-27-15)18-16(20)11-2-4-13(5-3-11)29(24,25)19-12-7-9-28(22,23)10-12/h2-6,8,12,19H,7,9-10H2,1H3,(H,18,20). The molecule has 2 N–H and O–H groups in total. The highest BCUT2D eigenvalue weighted by atomic mass is 32.2. The number of sulfone groups is 1. The largest absolute Gasteiger partial charge is 0.465 e. The highest BCUT2D eigenvalue weighted by Gasteiger charge is 2.31. The third-order valence-electron chi connectivity index (χ3n) is 4.27. The van der Waals surface area contributed by atoms with E-state index in [0.29, 0.717) is 5.69 Å². The van der Waals surface area contributed by atoms with E-state index in [4.69, 9.17) is 0 Å². The first-order chi connectivity index (χ1) is 13.6. The summed E-state index contributed by atoms with van der Waals surface area (Å²) in [4.78, 5) is 24.2. The Morgan fingerprint density at radius 3 is 2.45 bits per heavy atom. The van der Waals surface area contributed by atoms with Crippen molar-refractivity contribution in [2.75, 3.05) is 23.9 Å². The molecule has 12 heteroatoms. The Bertz CT molecular complexity index is 1140. The maximum absolute atomic E-state index is 12.4. The van der Waals surface area contributed by atoms with E-state index < -0.39 is 37.8 Å². The maximum Gasteiger partial charge on any atom is 0.350 e. The van der Waals surface area contributed by atoms with Gasteiger partial charge in [0.15, 0.2) is 9.84 Å². The van der Waals surface area contributed by atoms with Gasteiger partial charge in [-0.1, -0.05) is 0 Å². The number of anilines is 1. The molecule has 1 aliphatic rings. The van der Waals surface area contributed by atoms with Crippen LogP contribution >= 0.6 is 11.3 Å². The SMILES string of the molecule is COC(=O)c1sccc1NC(=O)c1ccc(S(=O)(=O)NC2CCS(=O)(=O)C2)cc1. The van der Waals surface area contributed by atoms with E-state index >= 15 is 0 Å². The van der Waals surface area contributed by atoms with Crippen LogP contribution in [0.5, 0.6) is 0 Å². The highest BCUT2D eigenvalue weighted by Crippen LogP contribution is 2.24. The first kappa shape index (κ1) is 21.4. The van der Waals surface area contributed by atoms with Gasteiger partial charge in [0.1, 0.15) is 4.88 Å². The molecule has 0 spiro atoms. The average molecular weight is 459 g/mol. The number of benzene rings is 1. The lowest BCUT2D eigenvalue weighted by atomic mass is 10.2. The number of hydrogen-bond acceptors (Lipinski definition) is 8. The van der Waals surface area contributed by atoms with Crippen LogP contribution in [-0.2, 0) is 24.6 Å². The second kappa shape index (κ2) is 8.22. The van der Waals surface area contributed by atoms with Crippen LogP contribution in [0.15, 0.2) is 40.6 Å². The third kappa shape index (κ3) is 5.01. The van der Waals surface area contributed by atoms with E-state index in [1.54, 1.807) is 11.4 Å². The van der Waals surface area contributed by atoms with E-state index in [-0.39, 0.29) is 33.3 Å². The molecule has 1 aromatic carbocycles. The summed E-state index contributed by atoms with van der Waals surface area (Å²) in [7, 11) is -5.89. The Hall–Kier alpha value is -2.28. The molecule has 1 atom stereocenters. The lowest BCUT2D eigenvalue weighted by Crippen LogP contribution is -2.35. The van der Waals surface area contributed by atoms with E-state index in [1.807, 2.05) is 0 Å². The van der Waals surface area contributed by atoms with E-state index in [2.05, 4.69) is 14.8 Å². The van der Waals surface area contributed by atoms with Gasteiger partial charge in [-0.05, 0) is 42.1 Å². The fourth-order valence-electron chi connectivity index (χ4n) is 2.81. The van der Waals surface area contributed by atoms with Gasteiger partial charge >= 0.3 is 5.97 Å². The molecule has 1 aliphatic heterocycles. The molecular formula is C17H18N2O7S3. The molecule has 1 aromatic heterocycles. The van der Waals surface area contributed by atoms with Gasteiger partial charge < -0.3 is 10.1 Å². The summed E-state index contributed by atoms with van der Waals surface area (Å²) in [6.45, 7) is 0. The second-order valence-corrected chi connectivity index (χ2v) is 11.2. The topological polar surface area (TPSA) is 136 Å². The van der Waals surface area contributed by atoms with Crippen LogP contribution in [0.2, 0.25) is 0 Å². The molecule has 1 fully saturated rings. The van der Waals surface area contributed by atoms with Crippen molar-refractivity contribution in [3.05, 3.63) is 46.2 Å². The van der Waals surface area contributed by atoms with Gasteiger partial charge in [0.05, 0.1) is 29.2 Å². The van der Waals surface area contributed by atoms with E-state index in [9.17, 15) is 26.4 Å². The second-order valence-electron chi connectivity index (χ2n) is 6.35. The number of sulfonamides is 1. The van der Waals surface area contributed by atoms with Gasteiger partial charge in [0.2, 0.25) is 10.0 Å². The monoisotopic (exact) mass is 458 g/mol. The molecule has 2 aromatic rings. The van der Waals surface area contributed by atoms with Gasteiger partial charge in [-0.2, -0.15) is 0 Å². The Labute approximate surface area is 172 Å². The highest BCUT2D eigenvalue weighted by molar-refractivity contribution is 7.92. The molecule has 1 amide bonds.